The van der Waals surface area contributed by atoms with Gasteiger partial charge in [0.2, 0.25) is 12.7 Å². The quantitative estimate of drug-likeness (QED) is 0.613. The maximum Gasteiger partial charge on any atom is 0.235 e. The van der Waals surface area contributed by atoms with Gasteiger partial charge in [0.05, 0.1) is 11.1 Å². The lowest BCUT2D eigenvalue weighted by Crippen LogP contribution is -2.51. The van der Waals surface area contributed by atoms with Crippen LogP contribution in [0.3, 0.4) is 0 Å². The fourth-order valence-electron chi connectivity index (χ4n) is 4.55. The minimum Gasteiger partial charge on any atom is -0.454 e. The van der Waals surface area contributed by atoms with Crippen LogP contribution in [0.4, 0.5) is 0 Å². The summed E-state index contributed by atoms with van der Waals surface area (Å²) in [5, 5.41) is 4.30. The minimum atomic E-state index is -0.536. The third-order valence-electron chi connectivity index (χ3n) is 6.63. The van der Waals surface area contributed by atoms with Crippen molar-refractivity contribution >= 4 is 5.91 Å². The van der Waals surface area contributed by atoms with Crippen molar-refractivity contribution in [2.24, 2.45) is 0 Å². The van der Waals surface area contributed by atoms with Gasteiger partial charge in [-0.05, 0) is 48.7 Å². The van der Waals surface area contributed by atoms with Gasteiger partial charge in [0.15, 0.2) is 17.3 Å². The van der Waals surface area contributed by atoms with Crippen LogP contribution in [0, 0.1) is 0 Å². The standard InChI is InChI=1S/C24H24N4O4/c29-23(28-11-9-27(10-12-28)15-17-3-7-25-8-4-17)24(5-6-24)22-14-20(32-26-22)18-1-2-19-21(13-18)31-16-30-19/h1-4,7-8,13-14H,5-6,9-12,15-16H2. The molecule has 0 spiro atoms. The van der Waals surface area contributed by atoms with E-state index >= 15 is 0 Å². The van der Waals surface area contributed by atoms with Crippen LogP contribution >= 0.6 is 0 Å². The number of nitrogens with zero attached hydrogens (tertiary/aromatic N) is 4. The summed E-state index contributed by atoms with van der Waals surface area (Å²) in [7, 11) is 0. The second-order valence-corrected chi connectivity index (χ2v) is 8.65. The Morgan fingerprint density at radius 3 is 2.53 bits per heavy atom. The van der Waals surface area contributed by atoms with Gasteiger partial charge >= 0.3 is 0 Å². The lowest BCUT2D eigenvalue weighted by Gasteiger charge is -2.36. The molecule has 2 aliphatic heterocycles. The summed E-state index contributed by atoms with van der Waals surface area (Å²) in [6, 6.07) is 11.7. The zero-order chi connectivity index (χ0) is 21.5. The Morgan fingerprint density at radius 1 is 0.969 bits per heavy atom. The second kappa shape index (κ2) is 7.63. The van der Waals surface area contributed by atoms with Gasteiger partial charge in [-0.2, -0.15) is 0 Å². The summed E-state index contributed by atoms with van der Waals surface area (Å²) in [5.74, 6) is 2.24. The van der Waals surface area contributed by atoms with Crippen LogP contribution in [0.25, 0.3) is 11.3 Å². The maximum atomic E-state index is 13.4. The average molecular weight is 432 g/mol. The molecule has 3 aromatic rings. The second-order valence-electron chi connectivity index (χ2n) is 8.65. The molecule has 1 aliphatic carbocycles. The molecular weight excluding hydrogens is 408 g/mol. The van der Waals surface area contributed by atoms with E-state index in [0.29, 0.717) is 11.5 Å². The van der Waals surface area contributed by atoms with E-state index < -0.39 is 5.41 Å². The fourth-order valence-corrected chi connectivity index (χ4v) is 4.55. The molecule has 0 atom stereocenters. The van der Waals surface area contributed by atoms with Crippen LogP contribution < -0.4 is 9.47 Å². The summed E-state index contributed by atoms with van der Waals surface area (Å²) in [6.45, 7) is 4.32. The highest BCUT2D eigenvalue weighted by Crippen LogP contribution is 2.50. The summed E-state index contributed by atoms with van der Waals surface area (Å²) in [5.41, 5.74) is 2.30. The van der Waals surface area contributed by atoms with E-state index in [1.54, 1.807) is 0 Å². The Labute approximate surface area is 185 Å². The monoisotopic (exact) mass is 432 g/mol. The largest absolute Gasteiger partial charge is 0.454 e. The molecule has 6 rings (SSSR count). The van der Waals surface area contributed by atoms with Crippen LogP contribution in [-0.4, -0.2) is 58.8 Å². The van der Waals surface area contributed by atoms with Gasteiger partial charge in [-0.1, -0.05) is 5.16 Å². The smallest absolute Gasteiger partial charge is 0.235 e. The number of carbonyl (C=O) groups excluding carboxylic acids is 1. The number of rotatable bonds is 5. The number of pyridine rings is 1. The molecule has 0 N–H and O–H groups in total. The van der Waals surface area contributed by atoms with Gasteiger partial charge in [-0.15, -0.1) is 0 Å². The molecule has 0 unspecified atom stereocenters. The maximum absolute atomic E-state index is 13.4. The number of carbonyl (C=O) groups is 1. The van der Waals surface area contributed by atoms with Crippen LogP contribution in [-0.2, 0) is 16.8 Å². The van der Waals surface area contributed by atoms with E-state index in [-0.39, 0.29) is 12.7 Å². The number of benzene rings is 1. The van der Waals surface area contributed by atoms with E-state index in [9.17, 15) is 4.79 Å². The van der Waals surface area contributed by atoms with Crippen molar-refractivity contribution in [1.82, 2.24) is 19.9 Å². The zero-order valence-corrected chi connectivity index (χ0v) is 17.7. The Kier molecular flexibility index (Phi) is 4.61. The zero-order valence-electron chi connectivity index (χ0n) is 17.7. The SMILES string of the molecule is O=C(N1CCN(Cc2ccncc2)CC1)C1(c2cc(-c3ccc4c(c3)OCO4)on2)CC1. The molecule has 1 aromatic carbocycles. The minimum absolute atomic E-state index is 0.173. The first-order valence-corrected chi connectivity index (χ1v) is 11.0. The van der Waals surface area contributed by atoms with Crippen molar-refractivity contribution < 1.29 is 18.8 Å². The topological polar surface area (TPSA) is 80.9 Å². The first-order valence-electron chi connectivity index (χ1n) is 11.0. The Bertz CT molecular complexity index is 1130. The van der Waals surface area contributed by atoms with Crippen LogP contribution in [0.15, 0.2) is 53.3 Å². The van der Waals surface area contributed by atoms with Gasteiger partial charge in [0.1, 0.15) is 0 Å². The van der Waals surface area contributed by atoms with Gasteiger partial charge in [-0.3, -0.25) is 14.7 Å². The molecule has 1 amide bonds. The number of amides is 1. The number of hydrogen-bond acceptors (Lipinski definition) is 7. The molecule has 2 fully saturated rings. The summed E-state index contributed by atoms with van der Waals surface area (Å²) < 4.78 is 16.5. The van der Waals surface area contributed by atoms with Crippen molar-refractivity contribution in [1.29, 1.82) is 0 Å². The van der Waals surface area contributed by atoms with Crippen LogP contribution in [0.2, 0.25) is 0 Å². The lowest BCUT2D eigenvalue weighted by molar-refractivity contribution is -0.136. The third kappa shape index (κ3) is 3.40. The van der Waals surface area contributed by atoms with E-state index in [4.69, 9.17) is 14.0 Å². The molecule has 4 heterocycles. The Hall–Kier alpha value is -3.39. The number of ether oxygens (including phenoxy) is 2. The molecule has 2 aromatic heterocycles. The number of aromatic nitrogens is 2. The highest BCUT2D eigenvalue weighted by Gasteiger charge is 2.55. The van der Waals surface area contributed by atoms with E-state index in [1.165, 1.54) is 5.56 Å². The van der Waals surface area contributed by atoms with E-state index in [0.717, 1.165) is 62.6 Å². The van der Waals surface area contributed by atoms with Gasteiger partial charge in [0.25, 0.3) is 0 Å². The summed E-state index contributed by atoms with van der Waals surface area (Å²) in [6.07, 6.45) is 5.27. The summed E-state index contributed by atoms with van der Waals surface area (Å²) >= 11 is 0. The predicted molar refractivity (Wildman–Crippen MR) is 115 cm³/mol. The predicted octanol–water partition coefficient (Wildman–Crippen LogP) is 2.84. The van der Waals surface area contributed by atoms with Crippen molar-refractivity contribution in [3.63, 3.8) is 0 Å². The highest BCUT2D eigenvalue weighted by atomic mass is 16.7. The third-order valence-corrected chi connectivity index (χ3v) is 6.63. The van der Waals surface area contributed by atoms with E-state index in [1.807, 2.05) is 53.7 Å². The molecule has 164 valence electrons. The van der Waals surface area contributed by atoms with Crippen molar-refractivity contribution in [3.8, 4) is 22.8 Å². The molecule has 0 bridgehead atoms. The first-order chi connectivity index (χ1) is 15.7. The van der Waals surface area contributed by atoms with Crippen molar-refractivity contribution in [2.75, 3.05) is 33.0 Å². The van der Waals surface area contributed by atoms with Crippen molar-refractivity contribution in [3.05, 3.63) is 60.0 Å². The first kappa shape index (κ1) is 19.3. The molecule has 8 heteroatoms. The molecular formula is C24H24N4O4. The van der Waals surface area contributed by atoms with Gasteiger partial charge in [0, 0.05) is 56.7 Å². The number of fused-ring (bicyclic) bond motifs is 1. The molecule has 32 heavy (non-hydrogen) atoms. The Morgan fingerprint density at radius 2 is 1.75 bits per heavy atom. The molecule has 1 saturated heterocycles. The summed E-state index contributed by atoms with van der Waals surface area (Å²) in [4.78, 5) is 21.9. The van der Waals surface area contributed by atoms with Crippen LogP contribution in [0.1, 0.15) is 24.1 Å². The highest BCUT2D eigenvalue weighted by molar-refractivity contribution is 5.91. The van der Waals surface area contributed by atoms with Gasteiger partial charge in [-0.25, -0.2) is 0 Å². The van der Waals surface area contributed by atoms with E-state index in [2.05, 4.69) is 15.0 Å². The van der Waals surface area contributed by atoms with Crippen LogP contribution in [0.5, 0.6) is 11.5 Å². The van der Waals surface area contributed by atoms with Crippen molar-refractivity contribution in [2.45, 2.75) is 24.8 Å². The molecule has 3 aliphatic rings. The molecule has 8 nitrogen and oxygen atoms in total. The number of hydrogen-bond donors (Lipinski definition) is 0. The normalized spacial score (nSPS) is 19.2. The lowest BCUT2D eigenvalue weighted by atomic mass is 9.99. The number of piperazine rings is 1. The Balaban J connectivity index is 1.13. The average Bonchev–Trinajstić information content (AvgIpc) is 3.26. The van der Waals surface area contributed by atoms with Gasteiger partial charge < -0.3 is 18.9 Å². The molecule has 0 radical (unpaired) electrons. The molecule has 1 saturated carbocycles. The fraction of sp³-hybridized carbons (Fsp3) is 0.375.